The van der Waals surface area contributed by atoms with Crippen molar-refractivity contribution >= 4 is 11.8 Å². The van der Waals surface area contributed by atoms with E-state index in [4.69, 9.17) is 19.2 Å². The minimum Gasteiger partial charge on any atom is -0.486 e. The number of hydrogen-bond acceptors (Lipinski definition) is 6. The van der Waals surface area contributed by atoms with Gasteiger partial charge >= 0.3 is 6.09 Å². The molecule has 0 aliphatic carbocycles. The lowest BCUT2D eigenvalue weighted by Gasteiger charge is -2.36. The number of hydrogen-bond donors (Lipinski definition) is 0. The average molecular weight is 460 g/mol. The zero-order valence-electron chi connectivity index (χ0n) is 19.8. The molecule has 1 fully saturated rings. The molecule has 1 aliphatic heterocycles. The molecule has 1 amide bonds. The third-order valence-corrected chi connectivity index (χ3v) is 5.47. The third-order valence-electron chi connectivity index (χ3n) is 5.47. The van der Waals surface area contributed by atoms with Crippen molar-refractivity contribution in [2.75, 3.05) is 31.1 Å². The maximum absolute atomic E-state index is 12.2. The number of carbonyl (C=O) groups excluding carboxylic acids is 1. The van der Waals surface area contributed by atoms with Crippen LogP contribution in [0.1, 0.15) is 32.1 Å². The van der Waals surface area contributed by atoms with E-state index in [0.717, 1.165) is 41.6 Å². The Labute approximate surface area is 200 Å². The first kappa shape index (κ1) is 23.2. The Hall–Kier alpha value is -3.92. The van der Waals surface area contributed by atoms with Gasteiger partial charge in [-0.15, -0.1) is 0 Å². The molecule has 7 nitrogen and oxygen atoms in total. The van der Waals surface area contributed by atoms with Crippen LogP contribution in [0.25, 0.3) is 11.3 Å². The van der Waals surface area contributed by atoms with Gasteiger partial charge < -0.3 is 23.7 Å². The van der Waals surface area contributed by atoms with E-state index >= 15 is 0 Å². The van der Waals surface area contributed by atoms with Crippen molar-refractivity contribution in [2.24, 2.45) is 0 Å². The normalized spacial score (nSPS) is 13.9. The van der Waals surface area contributed by atoms with Crippen molar-refractivity contribution in [3.05, 3.63) is 72.0 Å². The highest BCUT2D eigenvalue weighted by molar-refractivity contribution is 5.68. The molecule has 34 heavy (non-hydrogen) atoms. The van der Waals surface area contributed by atoms with Gasteiger partial charge in [0.25, 0.3) is 0 Å². The molecule has 176 valence electrons. The molecule has 7 heteroatoms. The molecule has 0 radical (unpaired) electrons. The lowest BCUT2D eigenvalue weighted by atomic mass is 10.1. The van der Waals surface area contributed by atoms with Crippen LogP contribution in [0, 0.1) is 11.3 Å². The van der Waals surface area contributed by atoms with Crippen LogP contribution in [0.5, 0.6) is 5.75 Å². The third kappa shape index (κ3) is 5.90. The summed E-state index contributed by atoms with van der Waals surface area (Å²) in [6.07, 6.45) is -0.254. The Bertz CT molecular complexity index is 1150. The number of anilines is 1. The van der Waals surface area contributed by atoms with E-state index in [9.17, 15) is 4.79 Å². The summed E-state index contributed by atoms with van der Waals surface area (Å²) < 4.78 is 17.2. The molecular weight excluding hydrogens is 430 g/mol. The van der Waals surface area contributed by atoms with Crippen LogP contribution < -0.4 is 9.64 Å². The van der Waals surface area contributed by atoms with Gasteiger partial charge in [-0.05, 0) is 81.4 Å². The largest absolute Gasteiger partial charge is 0.486 e. The highest BCUT2D eigenvalue weighted by Crippen LogP contribution is 2.25. The number of nitrogens with zero attached hydrogens (tertiary/aromatic N) is 3. The number of piperazine rings is 1. The van der Waals surface area contributed by atoms with Crippen LogP contribution in [-0.2, 0) is 11.3 Å². The maximum Gasteiger partial charge on any atom is 0.410 e. The summed E-state index contributed by atoms with van der Waals surface area (Å²) >= 11 is 0. The Kier molecular flexibility index (Phi) is 6.78. The molecule has 2 aromatic carbocycles. The number of rotatable bonds is 5. The first-order chi connectivity index (χ1) is 16.3. The minimum absolute atomic E-state index is 0.254. The molecule has 1 saturated heterocycles. The summed E-state index contributed by atoms with van der Waals surface area (Å²) in [5.74, 6) is 2.22. The second-order valence-corrected chi connectivity index (χ2v) is 9.19. The summed E-state index contributed by atoms with van der Waals surface area (Å²) in [5.41, 5.74) is 2.15. The fourth-order valence-corrected chi connectivity index (χ4v) is 3.70. The summed E-state index contributed by atoms with van der Waals surface area (Å²) in [7, 11) is 0. The number of amides is 1. The number of benzene rings is 2. The van der Waals surface area contributed by atoms with Gasteiger partial charge in [0, 0.05) is 37.4 Å². The van der Waals surface area contributed by atoms with Crippen molar-refractivity contribution < 1.29 is 18.7 Å². The number of ether oxygens (including phenoxy) is 2. The second-order valence-electron chi connectivity index (χ2n) is 9.19. The van der Waals surface area contributed by atoms with Crippen LogP contribution in [0.2, 0.25) is 0 Å². The summed E-state index contributed by atoms with van der Waals surface area (Å²) in [4.78, 5) is 16.3. The van der Waals surface area contributed by atoms with E-state index < -0.39 is 5.60 Å². The molecule has 4 rings (SSSR count). The Morgan fingerprint density at radius 3 is 2.26 bits per heavy atom. The second kappa shape index (κ2) is 9.92. The van der Waals surface area contributed by atoms with Gasteiger partial charge in [-0.3, -0.25) is 0 Å². The van der Waals surface area contributed by atoms with Crippen molar-refractivity contribution in [1.82, 2.24) is 4.90 Å². The highest BCUT2D eigenvalue weighted by atomic mass is 16.6. The van der Waals surface area contributed by atoms with Crippen LogP contribution in [0.15, 0.2) is 65.1 Å². The van der Waals surface area contributed by atoms with Crippen molar-refractivity contribution in [1.29, 1.82) is 5.26 Å². The lowest BCUT2D eigenvalue weighted by Crippen LogP contribution is -2.50. The molecule has 0 N–H and O–H groups in total. The monoisotopic (exact) mass is 459 g/mol. The van der Waals surface area contributed by atoms with Crippen molar-refractivity contribution in [3.8, 4) is 23.1 Å². The van der Waals surface area contributed by atoms with E-state index in [1.807, 2.05) is 69.3 Å². The molecule has 2 heterocycles. The van der Waals surface area contributed by atoms with Gasteiger partial charge in [0.05, 0.1) is 11.6 Å². The fraction of sp³-hybridized carbons (Fsp3) is 0.333. The van der Waals surface area contributed by atoms with Gasteiger partial charge in [-0.2, -0.15) is 5.26 Å². The molecular formula is C27H29N3O4. The molecule has 1 aliphatic rings. The van der Waals surface area contributed by atoms with E-state index in [0.29, 0.717) is 25.3 Å². The minimum atomic E-state index is -0.481. The SMILES string of the molecule is CC(C)(C)OC(=O)N1CCN(c2ccc(OCc3ccc(-c4ccc(C#N)cc4)o3)cc2)CC1. The zero-order valence-corrected chi connectivity index (χ0v) is 19.8. The molecule has 3 aromatic rings. The van der Waals surface area contributed by atoms with Crippen LogP contribution >= 0.6 is 0 Å². The maximum atomic E-state index is 12.2. The summed E-state index contributed by atoms with van der Waals surface area (Å²) in [5, 5.41) is 8.93. The number of carbonyl (C=O) groups is 1. The molecule has 1 aromatic heterocycles. The fourth-order valence-electron chi connectivity index (χ4n) is 3.70. The molecule has 0 bridgehead atoms. The lowest BCUT2D eigenvalue weighted by molar-refractivity contribution is 0.0240. The van der Waals surface area contributed by atoms with Gasteiger partial charge in [0.2, 0.25) is 0 Å². The van der Waals surface area contributed by atoms with Crippen molar-refractivity contribution in [3.63, 3.8) is 0 Å². The van der Waals surface area contributed by atoms with Gasteiger partial charge in [-0.1, -0.05) is 0 Å². The predicted octanol–water partition coefficient (Wildman–Crippen LogP) is 5.45. The first-order valence-corrected chi connectivity index (χ1v) is 11.4. The Balaban J connectivity index is 1.27. The Morgan fingerprint density at radius 1 is 0.971 bits per heavy atom. The average Bonchev–Trinajstić information content (AvgIpc) is 3.31. The highest BCUT2D eigenvalue weighted by Gasteiger charge is 2.25. The van der Waals surface area contributed by atoms with Crippen molar-refractivity contribution in [2.45, 2.75) is 33.0 Å². The smallest absolute Gasteiger partial charge is 0.410 e. The van der Waals surface area contributed by atoms with E-state index in [1.165, 1.54) is 0 Å². The quantitative estimate of drug-likeness (QED) is 0.505. The molecule has 0 unspecified atom stereocenters. The van der Waals surface area contributed by atoms with Gasteiger partial charge in [0.1, 0.15) is 29.5 Å². The van der Waals surface area contributed by atoms with Gasteiger partial charge in [-0.25, -0.2) is 4.79 Å². The van der Waals surface area contributed by atoms with Crippen LogP contribution in [0.4, 0.5) is 10.5 Å². The summed E-state index contributed by atoms with van der Waals surface area (Å²) in [6, 6.07) is 21.1. The topological polar surface area (TPSA) is 78.9 Å². The van der Waals surface area contributed by atoms with Gasteiger partial charge in [0.15, 0.2) is 0 Å². The van der Waals surface area contributed by atoms with E-state index in [1.54, 1.807) is 17.0 Å². The standard InChI is InChI=1S/C27H29N3O4/c1-27(2,3)34-26(31)30-16-14-29(15-17-30)22-8-10-23(11-9-22)32-19-24-12-13-25(33-24)21-6-4-20(18-28)5-7-21/h4-13H,14-17,19H2,1-3H3. The van der Waals surface area contributed by atoms with Crippen LogP contribution in [-0.4, -0.2) is 42.8 Å². The van der Waals surface area contributed by atoms with Crippen LogP contribution in [0.3, 0.4) is 0 Å². The Morgan fingerprint density at radius 2 is 1.65 bits per heavy atom. The zero-order chi connectivity index (χ0) is 24.1. The molecule has 0 saturated carbocycles. The molecule has 0 spiro atoms. The molecule has 0 atom stereocenters. The number of furan rings is 1. The van der Waals surface area contributed by atoms with E-state index in [-0.39, 0.29) is 6.09 Å². The number of nitriles is 1. The first-order valence-electron chi connectivity index (χ1n) is 11.4. The van der Waals surface area contributed by atoms with E-state index in [2.05, 4.69) is 11.0 Å². The summed E-state index contributed by atoms with van der Waals surface area (Å²) in [6.45, 7) is 8.74. The predicted molar refractivity (Wildman–Crippen MR) is 130 cm³/mol.